The Morgan fingerprint density at radius 3 is 2.54 bits per heavy atom. The highest BCUT2D eigenvalue weighted by Crippen LogP contribution is 2.42. The molecular formula is C21H24ClFN2O. The SMILES string of the molecule is Cl.O=C(CCc1ccc(F)cc1)N1C[C@@H]2CNC[C@@H]2[C@H]1c1ccccc1. The van der Waals surface area contributed by atoms with Crippen LogP contribution in [0.15, 0.2) is 54.6 Å². The number of rotatable bonds is 4. The summed E-state index contributed by atoms with van der Waals surface area (Å²) in [6.07, 6.45) is 1.13. The average Bonchev–Trinajstić information content (AvgIpc) is 3.22. The topological polar surface area (TPSA) is 32.3 Å². The summed E-state index contributed by atoms with van der Waals surface area (Å²) in [6, 6.07) is 17.0. The maximum absolute atomic E-state index is 13.0. The fourth-order valence-electron chi connectivity index (χ4n) is 4.30. The second-order valence-corrected chi connectivity index (χ2v) is 7.11. The van der Waals surface area contributed by atoms with Gasteiger partial charge < -0.3 is 10.2 Å². The predicted octanol–water partition coefficient (Wildman–Crippen LogP) is 3.60. The predicted molar refractivity (Wildman–Crippen MR) is 103 cm³/mol. The lowest BCUT2D eigenvalue weighted by Gasteiger charge is -2.28. The van der Waals surface area contributed by atoms with Gasteiger partial charge in [-0.2, -0.15) is 0 Å². The van der Waals surface area contributed by atoms with Crippen LogP contribution >= 0.6 is 12.4 Å². The van der Waals surface area contributed by atoms with Gasteiger partial charge >= 0.3 is 0 Å². The van der Waals surface area contributed by atoms with Gasteiger partial charge in [0.1, 0.15) is 5.82 Å². The molecule has 5 heteroatoms. The summed E-state index contributed by atoms with van der Waals surface area (Å²) in [7, 11) is 0. The van der Waals surface area contributed by atoms with Crippen LogP contribution in [0, 0.1) is 17.7 Å². The van der Waals surface area contributed by atoms with E-state index in [-0.39, 0.29) is 30.2 Å². The quantitative estimate of drug-likeness (QED) is 0.886. The first-order chi connectivity index (χ1) is 12.2. The standard InChI is InChI=1S/C21H23FN2O.ClH/c22-18-9-6-15(7-10-18)8-11-20(25)24-14-17-12-23-13-19(17)21(24)16-4-2-1-3-5-16;/h1-7,9-10,17,19,21,23H,8,11-14H2;1H/t17-,19-,21+;/m0./s1. The van der Waals surface area contributed by atoms with Crippen LogP contribution in [-0.4, -0.2) is 30.4 Å². The van der Waals surface area contributed by atoms with E-state index in [1.54, 1.807) is 12.1 Å². The maximum Gasteiger partial charge on any atom is 0.223 e. The molecule has 0 unspecified atom stereocenters. The Labute approximate surface area is 160 Å². The minimum Gasteiger partial charge on any atom is -0.335 e. The second-order valence-electron chi connectivity index (χ2n) is 7.11. The van der Waals surface area contributed by atoms with Gasteiger partial charge in [-0.15, -0.1) is 12.4 Å². The smallest absolute Gasteiger partial charge is 0.223 e. The third kappa shape index (κ3) is 3.76. The fourth-order valence-corrected chi connectivity index (χ4v) is 4.30. The molecule has 0 spiro atoms. The number of carbonyl (C=O) groups is 1. The molecule has 2 aliphatic heterocycles. The minimum atomic E-state index is -0.237. The summed E-state index contributed by atoms with van der Waals surface area (Å²) in [5.41, 5.74) is 2.24. The highest BCUT2D eigenvalue weighted by Gasteiger charge is 2.46. The van der Waals surface area contributed by atoms with Crippen molar-refractivity contribution in [2.75, 3.05) is 19.6 Å². The Morgan fingerprint density at radius 1 is 1.08 bits per heavy atom. The van der Waals surface area contributed by atoms with Crippen molar-refractivity contribution >= 4 is 18.3 Å². The van der Waals surface area contributed by atoms with Crippen LogP contribution in [0.25, 0.3) is 0 Å². The van der Waals surface area contributed by atoms with E-state index in [2.05, 4.69) is 22.3 Å². The Bertz CT molecular complexity index is 737. The lowest BCUT2D eigenvalue weighted by Crippen LogP contribution is -2.34. The van der Waals surface area contributed by atoms with E-state index < -0.39 is 0 Å². The molecule has 2 heterocycles. The van der Waals surface area contributed by atoms with Crippen molar-refractivity contribution in [3.05, 3.63) is 71.5 Å². The summed E-state index contributed by atoms with van der Waals surface area (Å²) < 4.78 is 13.0. The van der Waals surface area contributed by atoms with Crippen molar-refractivity contribution in [1.29, 1.82) is 0 Å². The molecule has 3 atom stereocenters. The van der Waals surface area contributed by atoms with Crippen LogP contribution in [0.4, 0.5) is 4.39 Å². The van der Waals surface area contributed by atoms with Gasteiger partial charge in [-0.1, -0.05) is 42.5 Å². The minimum absolute atomic E-state index is 0. The van der Waals surface area contributed by atoms with Gasteiger partial charge in [0.2, 0.25) is 5.91 Å². The van der Waals surface area contributed by atoms with Crippen molar-refractivity contribution in [1.82, 2.24) is 10.2 Å². The van der Waals surface area contributed by atoms with E-state index in [0.717, 1.165) is 25.2 Å². The van der Waals surface area contributed by atoms with Crippen molar-refractivity contribution in [3.8, 4) is 0 Å². The molecule has 2 saturated heterocycles. The molecule has 0 aliphatic carbocycles. The summed E-state index contributed by atoms with van der Waals surface area (Å²) >= 11 is 0. The average molecular weight is 375 g/mol. The number of carbonyl (C=O) groups excluding carboxylic acids is 1. The number of fused-ring (bicyclic) bond motifs is 1. The fraction of sp³-hybridized carbons (Fsp3) is 0.381. The highest BCUT2D eigenvalue weighted by atomic mass is 35.5. The van der Waals surface area contributed by atoms with E-state index in [9.17, 15) is 9.18 Å². The number of hydrogen-bond donors (Lipinski definition) is 1. The first kappa shape index (κ1) is 18.9. The van der Waals surface area contributed by atoms with Crippen molar-refractivity contribution < 1.29 is 9.18 Å². The van der Waals surface area contributed by atoms with Gasteiger partial charge in [0.15, 0.2) is 0 Å². The number of benzene rings is 2. The molecule has 0 radical (unpaired) electrons. The Hall–Kier alpha value is -1.91. The molecule has 1 N–H and O–H groups in total. The van der Waals surface area contributed by atoms with E-state index in [1.807, 2.05) is 18.2 Å². The summed E-state index contributed by atoms with van der Waals surface area (Å²) in [5.74, 6) is 1.00. The Kier molecular flexibility index (Phi) is 5.94. The molecule has 2 fully saturated rings. The third-order valence-corrected chi connectivity index (χ3v) is 5.57. The number of amides is 1. The summed E-state index contributed by atoms with van der Waals surface area (Å²) in [5, 5.41) is 3.47. The van der Waals surface area contributed by atoms with E-state index in [1.165, 1.54) is 17.7 Å². The summed E-state index contributed by atoms with van der Waals surface area (Å²) in [4.78, 5) is 15.0. The van der Waals surface area contributed by atoms with Crippen LogP contribution in [0.1, 0.15) is 23.6 Å². The maximum atomic E-state index is 13.0. The second kappa shape index (κ2) is 8.19. The Morgan fingerprint density at radius 2 is 1.81 bits per heavy atom. The first-order valence-corrected chi connectivity index (χ1v) is 9.02. The van der Waals surface area contributed by atoms with E-state index in [4.69, 9.17) is 0 Å². The molecule has 1 amide bonds. The molecule has 2 aromatic carbocycles. The highest BCUT2D eigenvalue weighted by molar-refractivity contribution is 5.85. The molecular weight excluding hydrogens is 351 g/mol. The number of likely N-dealkylation sites (tertiary alicyclic amines) is 1. The van der Waals surface area contributed by atoms with Crippen LogP contribution in [0.2, 0.25) is 0 Å². The molecule has 0 saturated carbocycles. The third-order valence-electron chi connectivity index (χ3n) is 5.57. The number of aryl methyl sites for hydroxylation is 1. The zero-order valence-electron chi connectivity index (χ0n) is 14.6. The zero-order valence-corrected chi connectivity index (χ0v) is 15.4. The van der Waals surface area contributed by atoms with E-state index in [0.29, 0.717) is 24.7 Å². The van der Waals surface area contributed by atoms with E-state index >= 15 is 0 Å². The molecule has 0 bridgehead atoms. The van der Waals surface area contributed by atoms with Crippen molar-refractivity contribution in [2.24, 2.45) is 11.8 Å². The molecule has 4 rings (SSSR count). The largest absolute Gasteiger partial charge is 0.335 e. The zero-order chi connectivity index (χ0) is 17.2. The normalized spacial score (nSPS) is 24.2. The molecule has 0 aromatic heterocycles. The molecule has 2 aliphatic rings. The lowest BCUT2D eigenvalue weighted by molar-refractivity contribution is -0.132. The van der Waals surface area contributed by atoms with Gasteiger partial charge in [-0.25, -0.2) is 4.39 Å². The molecule has 26 heavy (non-hydrogen) atoms. The van der Waals surface area contributed by atoms with Gasteiger partial charge in [0.25, 0.3) is 0 Å². The van der Waals surface area contributed by atoms with Crippen LogP contribution < -0.4 is 5.32 Å². The van der Waals surface area contributed by atoms with Crippen molar-refractivity contribution in [2.45, 2.75) is 18.9 Å². The Balaban J connectivity index is 0.00000196. The van der Waals surface area contributed by atoms with Gasteiger partial charge in [0, 0.05) is 32.0 Å². The van der Waals surface area contributed by atoms with Crippen LogP contribution in [-0.2, 0) is 11.2 Å². The molecule has 3 nitrogen and oxygen atoms in total. The number of hydrogen-bond acceptors (Lipinski definition) is 2. The van der Waals surface area contributed by atoms with Crippen molar-refractivity contribution in [3.63, 3.8) is 0 Å². The molecule has 2 aromatic rings. The van der Waals surface area contributed by atoms with Gasteiger partial charge in [-0.05, 0) is 35.6 Å². The van der Waals surface area contributed by atoms with Crippen LogP contribution in [0.5, 0.6) is 0 Å². The monoisotopic (exact) mass is 374 g/mol. The van der Waals surface area contributed by atoms with Gasteiger partial charge in [-0.3, -0.25) is 4.79 Å². The first-order valence-electron chi connectivity index (χ1n) is 9.02. The summed E-state index contributed by atoms with van der Waals surface area (Å²) in [6.45, 7) is 2.81. The van der Waals surface area contributed by atoms with Crippen LogP contribution in [0.3, 0.4) is 0 Å². The number of nitrogens with one attached hydrogen (secondary N) is 1. The number of nitrogens with zero attached hydrogens (tertiary/aromatic N) is 1. The molecule has 138 valence electrons. The lowest BCUT2D eigenvalue weighted by atomic mass is 9.89. The number of halogens is 2. The van der Waals surface area contributed by atoms with Gasteiger partial charge in [0.05, 0.1) is 6.04 Å².